The minimum atomic E-state index is 0.118. The average molecular weight is 227 g/mol. The number of methoxy groups -OCH3 is 1. The molecule has 1 heterocycles. The Labute approximate surface area is 98.8 Å². The molecule has 1 aliphatic carbocycles. The molecule has 2 aliphatic rings. The van der Waals surface area contributed by atoms with Gasteiger partial charge in [-0.2, -0.15) is 0 Å². The molecule has 2 rings (SSSR count). The Balaban J connectivity index is 2.17. The van der Waals surface area contributed by atoms with Gasteiger partial charge in [0, 0.05) is 32.2 Å². The average Bonchev–Trinajstić information content (AvgIpc) is 2.29. The third kappa shape index (κ3) is 2.01. The van der Waals surface area contributed by atoms with Gasteiger partial charge < -0.3 is 14.7 Å². The number of fused-ring (bicyclic) bond motifs is 2. The number of ether oxygens (including phenoxy) is 1. The molecule has 0 radical (unpaired) electrons. The van der Waals surface area contributed by atoms with Crippen LogP contribution in [0, 0.1) is 17.3 Å². The zero-order chi connectivity index (χ0) is 11.6. The van der Waals surface area contributed by atoms with E-state index in [0.717, 1.165) is 25.6 Å². The van der Waals surface area contributed by atoms with Gasteiger partial charge in [-0.3, -0.25) is 0 Å². The van der Waals surface area contributed by atoms with Crippen LogP contribution in [0.3, 0.4) is 0 Å². The van der Waals surface area contributed by atoms with E-state index in [-0.39, 0.29) is 5.41 Å². The highest BCUT2D eigenvalue weighted by Gasteiger charge is 2.49. The molecule has 1 N–H and O–H groups in total. The lowest BCUT2D eigenvalue weighted by molar-refractivity contribution is -0.106. The van der Waals surface area contributed by atoms with Crippen molar-refractivity contribution >= 4 is 0 Å². The summed E-state index contributed by atoms with van der Waals surface area (Å²) in [6, 6.07) is 0. The van der Waals surface area contributed by atoms with Crippen molar-refractivity contribution in [3.63, 3.8) is 0 Å². The van der Waals surface area contributed by atoms with Crippen LogP contribution < -0.4 is 0 Å². The number of likely N-dealkylation sites (tertiary alicyclic amines) is 1. The van der Waals surface area contributed by atoms with Crippen LogP contribution in [0.15, 0.2) is 0 Å². The smallest absolute Gasteiger partial charge is 0.0503 e. The highest BCUT2D eigenvalue weighted by atomic mass is 16.5. The number of piperidine rings is 1. The number of aliphatic hydroxyl groups excluding tert-OH is 1. The Bertz CT molecular complexity index is 234. The van der Waals surface area contributed by atoms with E-state index in [4.69, 9.17) is 4.74 Å². The molecule has 3 atom stereocenters. The van der Waals surface area contributed by atoms with E-state index in [1.54, 1.807) is 7.11 Å². The first-order chi connectivity index (χ1) is 7.75. The summed E-state index contributed by atoms with van der Waals surface area (Å²) in [5.74, 6) is 1.30. The van der Waals surface area contributed by atoms with Crippen LogP contribution in [-0.4, -0.2) is 50.0 Å². The number of hydrogen-bond donors (Lipinski definition) is 1. The van der Waals surface area contributed by atoms with Crippen molar-refractivity contribution in [2.45, 2.75) is 26.2 Å². The predicted molar refractivity (Wildman–Crippen MR) is 64.3 cm³/mol. The van der Waals surface area contributed by atoms with Crippen LogP contribution in [0.25, 0.3) is 0 Å². The zero-order valence-corrected chi connectivity index (χ0v) is 10.6. The molecule has 1 saturated heterocycles. The van der Waals surface area contributed by atoms with Crippen molar-refractivity contribution in [1.29, 1.82) is 0 Å². The summed E-state index contributed by atoms with van der Waals surface area (Å²) >= 11 is 0. The lowest BCUT2D eigenvalue weighted by atomic mass is 9.59. The van der Waals surface area contributed by atoms with Crippen molar-refractivity contribution in [3.8, 4) is 0 Å². The normalized spacial score (nSPS) is 39.9. The van der Waals surface area contributed by atoms with Crippen LogP contribution in [0.2, 0.25) is 0 Å². The first-order valence-electron chi connectivity index (χ1n) is 6.58. The van der Waals surface area contributed by atoms with Crippen molar-refractivity contribution in [2.24, 2.45) is 17.3 Å². The SMILES string of the molecule is CCN1C[C@H]2CCC[C@@](CO)(C1)C2COC. The molecule has 0 spiro atoms. The molecule has 3 nitrogen and oxygen atoms in total. The van der Waals surface area contributed by atoms with E-state index in [2.05, 4.69) is 11.8 Å². The number of rotatable bonds is 4. The Morgan fingerprint density at radius 3 is 2.94 bits per heavy atom. The molecule has 2 bridgehead atoms. The second-order valence-electron chi connectivity index (χ2n) is 5.56. The monoisotopic (exact) mass is 227 g/mol. The fourth-order valence-corrected chi connectivity index (χ4v) is 3.84. The predicted octanol–water partition coefficient (Wildman–Crippen LogP) is 1.36. The maximum atomic E-state index is 9.82. The summed E-state index contributed by atoms with van der Waals surface area (Å²) in [7, 11) is 1.78. The molecule has 0 aromatic heterocycles. The van der Waals surface area contributed by atoms with Gasteiger partial charge in [0.2, 0.25) is 0 Å². The van der Waals surface area contributed by atoms with E-state index in [0.29, 0.717) is 12.5 Å². The summed E-state index contributed by atoms with van der Waals surface area (Å²) < 4.78 is 5.38. The molecule has 0 aromatic carbocycles. The van der Waals surface area contributed by atoms with Crippen LogP contribution in [-0.2, 0) is 4.74 Å². The summed E-state index contributed by atoms with van der Waals surface area (Å²) in [6.45, 7) is 6.74. The first kappa shape index (κ1) is 12.3. The van der Waals surface area contributed by atoms with Crippen LogP contribution in [0.1, 0.15) is 26.2 Å². The highest BCUT2D eigenvalue weighted by Crippen LogP contribution is 2.48. The first-order valence-corrected chi connectivity index (χ1v) is 6.58. The van der Waals surface area contributed by atoms with Gasteiger partial charge in [0.1, 0.15) is 0 Å². The highest BCUT2D eigenvalue weighted by molar-refractivity contribution is 4.99. The second-order valence-corrected chi connectivity index (χ2v) is 5.56. The van der Waals surface area contributed by atoms with Crippen molar-refractivity contribution in [1.82, 2.24) is 4.90 Å². The van der Waals surface area contributed by atoms with Gasteiger partial charge >= 0.3 is 0 Å². The van der Waals surface area contributed by atoms with Gasteiger partial charge in [-0.25, -0.2) is 0 Å². The lowest BCUT2D eigenvalue weighted by Gasteiger charge is -2.54. The minimum absolute atomic E-state index is 0.118. The number of nitrogens with zero attached hydrogens (tertiary/aromatic N) is 1. The lowest BCUT2D eigenvalue weighted by Crippen LogP contribution is -2.58. The van der Waals surface area contributed by atoms with Crippen molar-refractivity contribution in [2.75, 3.05) is 40.0 Å². The Morgan fingerprint density at radius 2 is 2.31 bits per heavy atom. The summed E-state index contributed by atoms with van der Waals surface area (Å²) in [5.41, 5.74) is 0.118. The summed E-state index contributed by atoms with van der Waals surface area (Å²) in [5, 5.41) is 9.82. The van der Waals surface area contributed by atoms with E-state index in [9.17, 15) is 5.11 Å². The third-order valence-corrected chi connectivity index (χ3v) is 4.74. The Kier molecular flexibility index (Phi) is 3.88. The zero-order valence-electron chi connectivity index (χ0n) is 10.6. The molecule has 1 saturated carbocycles. The molecule has 3 heteroatoms. The van der Waals surface area contributed by atoms with Gasteiger partial charge in [0.25, 0.3) is 0 Å². The fourth-order valence-electron chi connectivity index (χ4n) is 3.84. The van der Waals surface area contributed by atoms with Crippen LogP contribution in [0.5, 0.6) is 0 Å². The van der Waals surface area contributed by atoms with Gasteiger partial charge in [-0.1, -0.05) is 13.3 Å². The van der Waals surface area contributed by atoms with Crippen LogP contribution >= 0.6 is 0 Å². The molecule has 0 amide bonds. The summed E-state index contributed by atoms with van der Waals surface area (Å²) in [6.07, 6.45) is 3.76. The van der Waals surface area contributed by atoms with E-state index in [1.165, 1.54) is 25.8 Å². The molecular weight excluding hydrogens is 202 g/mol. The molecule has 0 aromatic rings. The Morgan fingerprint density at radius 1 is 1.50 bits per heavy atom. The van der Waals surface area contributed by atoms with E-state index >= 15 is 0 Å². The van der Waals surface area contributed by atoms with Gasteiger partial charge in [0.15, 0.2) is 0 Å². The fraction of sp³-hybridized carbons (Fsp3) is 1.00. The number of hydrogen-bond acceptors (Lipinski definition) is 3. The maximum Gasteiger partial charge on any atom is 0.0503 e. The quantitative estimate of drug-likeness (QED) is 0.787. The summed E-state index contributed by atoms with van der Waals surface area (Å²) in [4.78, 5) is 2.51. The van der Waals surface area contributed by atoms with Gasteiger partial charge in [-0.15, -0.1) is 0 Å². The van der Waals surface area contributed by atoms with E-state index < -0.39 is 0 Å². The molecule has 2 fully saturated rings. The minimum Gasteiger partial charge on any atom is -0.396 e. The molecule has 16 heavy (non-hydrogen) atoms. The molecule has 1 unspecified atom stereocenters. The molecule has 1 aliphatic heterocycles. The topological polar surface area (TPSA) is 32.7 Å². The standard InChI is InChI=1S/C13H25NO2/c1-3-14-7-11-5-4-6-13(9-14,10-15)12(11)8-16-2/h11-12,15H,3-10H2,1-2H3/t11-,12?,13+/m1/s1. The van der Waals surface area contributed by atoms with Crippen LogP contribution in [0.4, 0.5) is 0 Å². The van der Waals surface area contributed by atoms with Gasteiger partial charge in [0.05, 0.1) is 6.61 Å². The molecular formula is C13H25NO2. The van der Waals surface area contributed by atoms with Gasteiger partial charge in [-0.05, 0) is 31.2 Å². The van der Waals surface area contributed by atoms with Crippen molar-refractivity contribution in [3.05, 3.63) is 0 Å². The second kappa shape index (κ2) is 5.03. The Hall–Kier alpha value is -0.120. The maximum absolute atomic E-state index is 9.82. The van der Waals surface area contributed by atoms with Crippen molar-refractivity contribution < 1.29 is 9.84 Å². The number of aliphatic hydroxyl groups is 1. The largest absolute Gasteiger partial charge is 0.396 e. The van der Waals surface area contributed by atoms with E-state index in [1.807, 2.05) is 0 Å². The third-order valence-electron chi connectivity index (χ3n) is 4.74. The molecule has 94 valence electrons.